The van der Waals surface area contributed by atoms with Crippen LogP contribution >= 0.6 is 0 Å². The molecule has 0 amide bonds. The van der Waals surface area contributed by atoms with Gasteiger partial charge in [-0.1, -0.05) is 34.1 Å². The first-order valence-corrected chi connectivity index (χ1v) is 19.0. The molecule has 7 N–H and O–H groups in total. The van der Waals surface area contributed by atoms with Gasteiger partial charge in [-0.2, -0.15) is 0 Å². The first kappa shape index (κ1) is 36.6. The van der Waals surface area contributed by atoms with Crippen molar-refractivity contribution in [1.82, 2.24) is 5.32 Å². The van der Waals surface area contributed by atoms with Crippen molar-refractivity contribution < 1.29 is 14.2 Å². The number of rotatable bonds is 20. The van der Waals surface area contributed by atoms with E-state index in [1.807, 2.05) is 0 Å². The third-order valence-electron chi connectivity index (χ3n) is 13.2. The molecule has 0 saturated heterocycles. The van der Waals surface area contributed by atoms with Crippen molar-refractivity contribution in [1.29, 1.82) is 0 Å². The summed E-state index contributed by atoms with van der Waals surface area (Å²) in [5.74, 6) is 3.93. The molecular formula is C37H72N4O3. The van der Waals surface area contributed by atoms with Gasteiger partial charge in [-0.15, -0.1) is 0 Å². The predicted octanol–water partition coefficient (Wildman–Crippen LogP) is 5.87. The van der Waals surface area contributed by atoms with E-state index in [2.05, 4.69) is 33.0 Å². The van der Waals surface area contributed by atoms with Crippen molar-refractivity contribution in [2.24, 2.45) is 63.5 Å². The number of nitrogens with one attached hydrogen (secondary N) is 1. The molecule has 258 valence electrons. The Labute approximate surface area is 271 Å². The molecule has 7 heteroatoms. The quantitative estimate of drug-likeness (QED) is 0.126. The summed E-state index contributed by atoms with van der Waals surface area (Å²) in [6.07, 6.45) is 17.5. The lowest BCUT2D eigenvalue weighted by molar-refractivity contribution is -0.227. The van der Waals surface area contributed by atoms with Crippen LogP contribution in [0.2, 0.25) is 0 Å². The summed E-state index contributed by atoms with van der Waals surface area (Å²) < 4.78 is 20.3. The van der Waals surface area contributed by atoms with Crippen LogP contribution in [0.15, 0.2) is 0 Å². The van der Waals surface area contributed by atoms with Gasteiger partial charge in [-0.05, 0) is 157 Å². The van der Waals surface area contributed by atoms with E-state index in [0.29, 0.717) is 78.9 Å². The fourth-order valence-corrected chi connectivity index (χ4v) is 10.8. The van der Waals surface area contributed by atoms with Gasteiger partial charge < -0.3 is 36.7 Å². The summed E-state index contributed by atoms with van der Waals surface area (Å²) in [4.78, 5) is 0. The second-order valence-electron chi connectivity index (χ2n) is 15.7. The normalized spacial score (nSPS) is 39.1. The van der Waals surface area contributed by atoms with Gasteiger partial charge in [-0.25, -0.2) is 0 Å². The summed E-state index contributed by atoms with van der Waals surface area (Å²) in [5.41, 5.74) is 18.2. The molecule has 44 heavy (non-hydrogen) atoms. The third kappa shape index (κ3) is 8.22. The van der Waals surface area contributed by atoms with Crippen molar-refractivity contribution in [2.45, 2.75) is 136 Å². The molecule has 0 heterocycles. The fourth-order valence-electron chi connectivity index (χ4n) is 10.8. The van der Waals surface area contributed by atoms with Gasteiger partial charge in [0.15, 0.2) is 0 Å². The lowest BCUT2D eigenvalue weighted by atomic mass is 9.43. The van der Waals surface area contributed by atoms with Gasteiger partial charge >= 0.3 is 0 Å². The van der Waals surface area contributed by atoms with E-state index in [1.165, 1.54) is 64.2 Å². The molecular weight excluding hydrogens is 548 g/mol. The van der Waals surface area contributed by atoms with E-state index in [1.54, 1.807) is 0 Å². The maximum absolute atomic E-state index is 7.00. The highest BCUT2D eigenvalue weighted by atomic mass is 16.5. The molecule has 0 spiro atoms. The van der Waals surface area contributed by atoms with Crippen molar-refractivity contribution in [2.75, 3.05) is 52.5 Å². The average molecular weight is 621 g/mol. The van der Waals surface area contributed by atoms with E-state index in [9.17, 15) is 0 Å². The lowest BCUT2D eigenvalue weighted by Crippen LogP contribution is -2.63. The Morgan fingerprint density at radius 2 is 1.45 bits per heavy atom. The van der Waals surface area contributed by atoms with Gasteiger partial charge in [0, 0.05) is 25.2 Å². The molecule has 0 bridgehead atoms. The van der Waals surface area contributed by atoms with Gasteiger partial charge in [0.05, 0.1) is 18.3 Å². The molecule has 0 aromatic heterocycles. The second-order valence-corrected chi connectivity index (χ2v) is 15.7. The fraction of sp³-hybridized carbons (Fsp3) is 1.00. The van der Waals surface area contributed by atoms with Crippen LogP contribution < -0.4 is 22.5 Å². The Morgan fingerprint density at radius 1 is 0.773 bits per heavy atom. The minimum atomic E-state index is 0.187. The smallest absolute Gasteiger partial charge is 0.0637 e. The maximum atomic E-state index is 7.00. The highest BCUT2D eigenvalue weighted by Gasteiger charge is 2.66. The standard InChI is InChI=1S/C37H72N4O3/c1-5-6-19-41-20-7-11-27(2)30-12-13-31-35-32(26-34(37(30,31)4)44-23-10-18-40)36(3)15-14-29(42-21-8-16-38)24-28(36)25-33(35)43-22-9-17-39/h27-35,41H,5-26,38-40H2,1-4H3/t27-,28?,29-,30-,31+,32+,33-,34+,35?,36+,37-/m1/s1. The highest BCUT2D eigenvalue weighted by Crippen LogP contribution is 2.69. The Balaban J connectivity index is 1.57. The minimum Gasteiger partial charge on any atom is -0.378 e. The summed E-state index contributed by atoms with van der Waals surface area (Å²) in [6.45, 7) is 16.9. The number of ether oxygens (including phenoxy) is 3. The Hall–Kier alpha value is -0.280. The van der Waals surface area contributed by atoms with Crippen LogP contribution in [-0.4, -0.2) is 70.9 Å². The topological polar surface area (TPSA) is 118 Å². The zero-order valence-electron chi connectivity index (χ0n) is 29.2. The number of nitrogens with two attached hydrogens (primary N) is 3. The van der Waals surface area contributed by atoms with E-state index >= 15 is 0 Å². The van der Waals surface area contributed by atoms with Crippen LogP contribution in [-0.2, 0) is 14.2 Å². The number of unbranched alkanes of at least 4 members (excludes halogenated alkanes) is 1. The SMILES string of the molecule is CCCCNCCC[C@@H](C)[C@H]1CC[C@H]2C3[C@H](OCCCN)CC4C[C@H](OCCCN)CC[C@]4(C)[C@H]3C[C@H](OCCCN)[C@]12C. The minimum absolute atomic E-state index is 0.187. The molecule has 11 atom stereocenters. The molecule has 4 rings (SSSR count). The first-order chi connectivity index (χ1) is 21.3. The van der Waals surface area contributed by atoms with Crippen LogP contribution in [0.4, 0.5) is 0 Å². The van der Waals surface area contributed by atoms with Crippen molar-refractivity contribution >= 4 is 0 Å². The lowest BCUT2D eigenvalue weighted by Gasteiger charge is -2.65. The maximum Gasteiger partial charge on any atom is 0.0637 e. The van der Waals surface area contributed by atoms with E-state index in [4.69, 9.17) is 31.4 Å². The molecule has 0 aliphatic heterocycles. The largest absolute Gasteiger partial charge is 0.378 e. The van der Waals surface area contributed by atoms with Crippen LogP contribution in [0.25, 0.3) is 0 Å². The summed E-state index contributed by atoms with van der Waals surface area (Å²) in [7, 11) is 0. The van der Waals surface area contributed by atoms with Crippen LogP contribution in [0, 0.1) is 46.3 Å². The summed E-state index contributed by atoms with van der Waals surface area (Å²) in [6, 6.07) is 0. The van der Waals surface area contributed by atoms with E-state index in [-0.39, 0.29) is 5.41 Å². The molecule has 7 nitrogen and oxygen atoms in total. The summed E-state index contributed by atoms with van der Waals surface area (Å²) in [5, 5.41) is 3.68. The zero-order valence-corrected chi connectivity index (χ0v) is 29.2. The van der Waals surface area contributed by atoms with Crippen LogP contribution in [0.3, 0.4) is 0 Å². The number of hydrogen-bond acceptors (Lipinski definition) is 7. The monoisotopic (exact) mass is 621 g/mol. The molecule has 4 aliphatic carbocycles. The Bertz CT molecular complexity index is 818. The number of hydrogen-bond donors (Lipinski definition) is 4. The van der Waals surface area contributed by atoms with Gasteiger partial charge in [0.2, 0.25) is 0 Å². The van der Waals surface area contributed by atoms with E-state index in [0.717, 1.165) is 58.6 Å². The molecule has 0 aromatic carbocycles. The second kappa shape index (κ2) is 17.8. The average Bonchev–Trinajstić information content (AvgIpc) is 3.38. The Morgan fingerprint density at radius 3 is 2.16 bits per heavy atom. The molecule has 4 aliphatic rings. The van der Waals surface area contributed by atoms with E-state index < -0.39 is 0 Å². The third-order valence-corrected chi connectivity index (χ3v) is 13.2. The number of fused-ring (bicyclic) bond motifs is 5. The van der Waals surface area contributed by atoms with Gasteiger partial charge in [-0.3, -0.25) is 0 Å². The highest BCUT2D eigenvalue weighted by molar-refractivity contribution is 5.15. The predicted molar refractivity (Wildman–Crippen MR) is 182 cm³/mol. The Kier molecular flexibility index (Phi) is 14.7. The van der Waals surface area contributed by atoms with Crippen LogP contribution in [0.1, 0.15) is 118 Å². The van der Waals surface area contributed by atoms with Gasteiger partial charge in [0.25, 0.3) is 0 Å². The van der Waals surface area contributed by atoms with Crippen molar-refractivity contribution in [3.63, 3.8) is 0 Å². The van der Waals surface area contributed by atoms with Crippen molar-refractivity contribution in [3.8, 4) is 0 Å². The van der Waals surface area contributed by atoms with Gasteiger partial charge in [0.1, 0.15) is 0 Å². The molecule has 0 aromatic rings. The molecule has 2 unspecified atom stereocenters. The summed E-state index contributed by atoms with van der Waals surface area (Å²) >= 11 is 0. The van der Waals surface area contributed by atoms with Crippen LogP contribution in [0.5, 0.6) is 0 Å². The molecule has 4 saturated carbocycles. The molecule has 0 radical (unpaired) electrons. The zero-order chi connectivity index (χ0) is 31.6. The molecule has 4 fully saturated rings. The van der Waals surface area contributed by atoms with Crippen molar-refractivity contribution in [3.05, 3.63) is 0 Å². The first-order valence-electron chi connectivity index (χ1n) is 19.0.